The molecule has 0 fully saturated rings. The predicted molar refractivity (Wildman–Crippen MR) is 60.5 cm³/mol. The molecule has 0 radical (unpaired) electrons. The van der Waals surface area contributed by atoms with Crippen molar-refractivity contribution in [1.82, 2.24) is 4.98 Å². The number of anilines is 1. The molecule has 1 unspecified atom stereocenters. The highest BCUT2D eigenvalue weighted by Gasteiger charge is 2.11. The van der Waals surface area contributed by atoms with Gasteiger partial charge in [0, 0.05) is 6.07 Å². The topological polar surface area (TPSA) is 68.1 Å². The SMILES string of the molecule is C#CC(C)Nc1ncc([N+](=O)[O-])cc1Br. The molecule has 78 valence electrons. The van der Waals surface area contributed by atoms with Crippen molar-refractivity contribution in [3.8, 4) is 12.3 Å². The number of pyridine rings is 1. The summed E-state index contributed by atoms with van der Waals surface area (Å²) in [5, 5.41) is 13.3. The van der Waals surface area contributed by atoms with E-state index < -0.39 is 4.92 Å². The molecule has 1 atom stereocenters. The number of nitro groups is 1. The van der Waals surface area contributed by atoms with Crippen LogP contribution in [0.3, 0.4) is 0 Å². The summed E-state index contributed by atoms with van der Waals surface area (Å²) in [6.07, 6.45) is 6.36. The first-order valence-electron chi connectivity index (χ1n) is 4.07. The highest BCUT2D eigenvalue weighted by molar-refractivity contribution is 9.10. The molecule has 0 saturated heterocycles. The number of halogens is 1. The second-order valence-electron chi connectivity index (χ2n) is 2.81. The average Bonchev–Trinajstić information content (AvgIpc) is 2.20. The standard InChI is InChI=1S/C9H8BrN3O2/c1-3-6(2)12-9-8(10)4-7(5-11-9)13(14)15/h1,4-6H,2H3,(H,11,12). The van der Waals surface area contributed by atoms with Crippen molar-refractivity contribution in [1.29, 1.82) is 0 Å². The lowest BCUT2D eigenvalue weighted by atomic mass is 10.3. The average molecular weight is 270 g/mol. The van der Waals surface area contributed by atoms with Gasteiger partial charge in [0.05, 0.1) is 15.4 Å². The van der Waals surface area contributed by atoms with Gasteiger partial charge in [-0.25, -0.2) is 4.98 Å². The van der Waals surface area contributed by atoms with Gasteiger partial charge >= 0.3 is 0 Å². The Morgan fingerprint density at radius 1 is 1.80 bits per heavy atom. The summed E-state index contributed by atoms with van der Waals surface area (Å²) in [4.78, 5) is 13.8. The van der Waals surface area contributed by atoms with Crippen molar-refractivity contribution >= 4 is 27.4 Å². The van der Waals surface area contributed by atoms with E-state index in [1.54, 1.807) is 6.92 Å². The number of rotatable bonds is 3. The van der Waals surface area contributed by atoms with Crippen LogP contribution in [0.15, 0.2) is 16.7 Å². The number of terminal acetylenes is 1. The lowest BCUT2D eigenvalue weighted by Gasteiger charge is -2.09. The molecule has 0 amide bonds. The Bertz CT molecular complexity index is 428. The van der Waals surface area contributed by atoms with Crippen LogP contribution in [-0.2, 0) is 0 Å². The zero-order valence-electron chi connectivity index (χ0n) is 7.90. The molecule has 1 aromatic heterocycles. The van der Waals surface area contributed by atoms with E-state index in [1.165, 1.54) is 12.3 Å². The monoisotopic (exact) mass is 269 g/mol. The normalized spacial score (nSPS) is 11.5. The molecule has 0 aliphatic carbocycles. The lowest BCUT2D eigenvalue weighted by molar-refractivity contribution is -0.385. The molecule has 1 heterocycles. The summed E-state index contributed by atoms with van der Waals surface area (Å²) >= 11 is 3.18. The summed E-state index contributed by atoms with van der Waals surface area (Å²) in [5.41, 5.74) is -0.0687. The quantitative estimate of drug-likeness (QED) is 0.519. The minimum Gasteiger partial charge on any atom is -0.356 e. The van der Waals surface area contributed by atoms with Gasteiger partial charge in [-0.1, -0.05) is 5.92 Å². The van der Waals surface area contributed by atoms with Crippen LogP contribution in [0.5, 0.6) is 0 Å². The Kier molecular flexibility index (Phi) is 3.63. The maximum absolute atomic E-state index is 10.4. The molecule has 0 aliphatic rings. The zero-order chi connectivity index (χ0) is 11.4. The zero-order valence-corrected chi connectivity index (χ0v) is 9.48. The van der Waals surface area contributed by atoms with Crippen LogP contribution >= 0.6 is 15.9 Å². The van der Waals surface area contributed by atoms with E-state index in [0.717, 1.165) is 0 Å². The van der Waals surface area contributed by atoms with Gasteiger partial charge in [0.2, 0.25) is 0 Å². The van der Waals surface area contributed by atoms with E-state index in [9.17, 15) is 10.1 Å². The second kappa shape index (κ2) is 4.75. The maximum Gasteiger partial charge on any atom is 0.288 e. The highest BCUT2D eigenvalue weighted by Crippen LogP contribution is 2.24. The first-order valence-corrected chi connectivity index (χ1v) is 4.86. The van der Waals surface area contributed by atoms with Gasteiger partial charge in [-0.15, -0.1) is 6.42 Å². The smallest absolute Gasteiger partial charge is 0.288 e. The molecule has 1 rings (SSSR count). The molecule has 5 nitrogen and oxygen atoms in total. The van der Waals surface area contributed by atoms with E-state index in [-0.39, 0.29) is 11.7 Å². The predicted octanol–water partition coefficient (Wildman–Crippen LogP) is 2.19. The minimum atomic E-state index is -0.508. The molecule has 1 N–H and O–H groups in total. The summed E-state index contributed by atoms with van der Waals surface area (Å²) in [5.74, 6) is 2.96. The van der Waals surface area contributed by atoms with Gasteiger partial charge in [0.15, 0.2) is 0 Å². The third-order valence-electron chi connectivity index (χ3n) is 1.64. The van der Waals surface area contributed by atoms with Crippen LogP contribution in [0.25, 0.3) is 0 Å². The summed E-state index contributed by atoms with van der Waals surface area (Å²) < 4.78 is 0.513. The van der Waals surface area contributed by atoms with Gasteiger partial charge in [-0.2, -0.15) is 0 Å². The third kappa shape index (κ3) is 2.92. The van der Waals surface area contributed by atoms with Gasteiger partial charge in [-0.05, 0) is 22.9 Å². The van der Waals surface area contributed by atoms with Crippen molar-refractivity contribution < 1.29 is 4.92 Å². The second-order valence-corrected chi connectivity index (χ2v) is 3.67. The molecular formula is C9H8BrN3O2. The molecule has 15 heavy (non-hydrogen) atoms. The largest absolute Gasteiger partial charge is 0.356 e. The number of hydrogen-bond acceptors (Lipinski definition) is 4. The fourth-order valence-electron chi connectivity index (χ4n) is 0.881. The molecule has 0 bridgehead atoms. The Hall–Kier alpha value is -1.61. The van der Waals surface area contributed by atoms with Crippen LogP contribution in [0.4, 0.5) is 11.5 Å². The van der Waals surface area contributed by atoms with Gasteiger partial charge in [-0.3, -0.25) is 10.1 Å². The van der Waals surface area contributed by atoms with E-state index in [0.29, 0.717) is 10.3 Å². The number of hydrogen-bond donors (Lipinski definition) is 1. The molecule has 0 spiro atoms. The van der Waals surface area contributed by atoms with Crippen molar-refractivity contribution in [2.24, 2.45) is 0 Å². The fraction of sp³-hybridized carbons (Fsp3) is 0.222. The minimum absolute atomic E-state index is 0.0687. The Morgan fingerprint density at radius 3 is 2.93 bits per heavy atom. The Morgan fingerprint density at radius 2 is 2.47 bits per heavy atom. The fourth-order valence-corrected chi connectivity index (χ4v) is 1.33. The number of nitrogens with zero attached hydrogens (tertiary/aromatic N) is 2. The molecule has 0 saturated carbocycles. The molecular weight excluding hydrogens is 262 g/mol. The summed E-state index contributed by atoms with van der Waals surface area (Å²) in [7, 11) is 0. The van der Waals surface area contributed by atoms with E-state index in [4.69, 9.17) is 6.42 Å². The molecule has 0 aliphatic heterocycles. The van der Waals surface area contributed by atoms with Crippen LogP contribution in [0.1, 0.15) is 6.92 Å². The summed E-state index contributed by atoms with van der Waals surface area (Å²) in [6, 6.07) is 1.19. The van der Waals surface area contributed by atoms with Crippen LogP contribution in [0, 0.1) is 22.5 Å². The molecule has 0 aromatic carbocycles. The lowest BCUT2D eigenvalue weighted by Crippen LogP contribution is -2.13. The number of aromatic nitrogens is 1. The van der Waals surface area contributed by atoms with Crippen LogP contribution in [-0.4, -0.2) is 15.9 Å². The third-order valence-corrected chi connectivity index (χ3v) is 2.25. The van der Waals surface area contributed by atoms with E-state index in [2.05, 4.69) is 32.2 Å². The summed E-state index contributed by atoms with van der Waals surface area (Å²) in [6.45, 7) is 1.79. The first kappa shape index (κ1) is 11.5. The van der Waals surface area contributed by atoms with Crippen LogP contribution < -0.4 is 5.32 Å². The Balaban J connectivity index is 2.94. The van der Waals surface area contributed by atoms with Crippen molar-refractivity contribution in [3.05, 3.63) is 26.9 Å². The van der Waals surface area contributed by atoms with Gasteiger partial charge < -0.3 is 5.32 Å². The molecule has 6 heteroatoms. The molecule has 1 aromatic rings. The maximum atomic E-state index is 10.4. The van der Waals surface area contributed by atoms with Crippen molar-refractivity contribution in [3.63, 3.8) is 0 Å². The van der Waals surface area contributed by atoms with E-state index >= 15 is 0 Å². The van der Waals surface area contributed by atoms with Gasteiger partial charge in [0.25, 0.3) is 5.69 Å². The van der Waals surface area contributed by atoms with E-state index in [1.807, 2.05) is 0 Å². The first-order chi connectivity index (χ1) is 7.04. The van der Waals surface area contributed by atoms with Crippen molar-refractivity contribution in [2.45, 2.75) is 13.0 Å². The number of nitrogens with one attached hydrogen (secondary N) is 1. The van der Waals surface area contributed by atoms with Crippen LogP contribution in [0.2, 0.25) is 0 Å². The Labute approximate surface area is 95.2 Å². The van der Waals surface area contributed by atoms with Gasteiger partial charge in [0.1, 0.15) is 12.0 Å². The highest BCUT2D eigenvalue weighted by atomic mass is 79.9. The van der Waals surface area contributed by atoms with Crippen molar-refractivity contribution in [2.75, 3.05) is 5.32 Å².